The molecule has 2 aliphatic carbocycles. The fraction of sp³-hybridized carbons (Fsp3) is 0.750. The molecular weight excluding hydrogens is 184 g/mol. The number of aromatic nitrogens is 2. The summed E-state index contributed by atoms with van der Waals surface area (Å²) in [5.74, 6) is 2.39. The zero-order chi connectivity index (χ0) is 8.84. The van der Waals surface area contributed by atoms with Crippen LogP contribution in [0.2, 0.25) is 0 Å². The lowest BCUT2D eigenvalue weighted by molar-refractivity contribution is 0.651. The molecule has 13 heavy (non-hydrogen) atoms. The molecule has 70 valence electrons. The van der Waals surface area contributed by atoms with Gasteiger partial charge >= 0.3 is 0 Å². The van der Waals surface area contributed by atoms with Gasteiger partial charge in [-0.05, 0) is 31.1 Å². The van der Waals surface area contributed by atoms with E-state index in [1.54, 1.807) is 0 Å². The van der Waals surface area contributed by atoms with Gasteiger partial charge in [0.05, 0.1) is 0 Å². The number of nitrogens with one attached hydrogen (secondary N) is 1. The summed E-state index contributed by atoms with van der Waals surface area (Å²) in [4.78, 5) is 4.09. The van der Waals surface area contributed by atoms with Crippen LogP contribution in [0.5, 0.6) is 0 Å². The van der Waals surface area contributed by atoms with E-state index in [0.29, 0.717) is 12.0 Å². The van der Waals surface area contributed by atoms with Gasteiger partial charge in [-0.1, -0.05) is 0 Å². The number of nitrogen functional groups attached to an aromatic ring is 1. The largest absolute Gasteiger partial charge is 0.367 e. The molecule has 1 aromatic heterocycles. The Labute approximate surface area is 80.7 Å². The Morgan fingerprint density at radius 1 is 1.31 bits per heavy atom. The topological polar surface area (TPSA) is 63.8 Å². The van der Waals surface area contributed by atoms with E-state index < -0.39 is 0 Å². The minimum absolute atomic E-state index is 0.385. The molecule has 0 bridgehead atoms. The van der Waals surface area contributed by atoms with Gasteiger partial charge in [-0.2, -0.15) is 9.36 Å². The second-order valence-electron chi connectivity index (χ2n) is 4.03. The maximum absolute atomic E-state index is 5.44. The molecule has 4 nitrogen and oxygen atoms in total. The van der Waals surface area contributed by atoms with Crippen LogP contribution in [0.15, 0.2) is 0 Å². The molecule has 2 atom stereocenters. The summed E-state index contributed by atoms with van der Waals surface area (Å²) in [6, 6.07) is 0.621. The standard InChI is InChI=1S/C8H12N4S/c9-7-11-8(13-12-7)10-6-2-4-1-5(4)3-6/h4-6H,1-3H2,(H3,9,10,11,12). The van der Waals surface area contributed by atoms with Gasteiger partial charge in [0.1, 0.15) is 0 Å². The van der Waals surface area contributed by atoms with Crippen molar-refractivity contribution in [1.82, 2.24) is 9.36 Å². The molecule has 2 aliphatic rings. The zero-order valence-electron chi connectivity index (χ0n) is 7.23. The number of nitrogens with two attached hydrogens (primary N) is 1. The fourth-order valence-electron chi connectivity index (χ4n) is 2.30. The van der Waals surface area contributed by atoms with Crippen LogP contribution in [0.25, 0.3) is 0 Å². The summed E-state index contributed by atoms with van der Waals surface area (Å²) in [5, 5.41) is 4.27. The first-order chi connectivity index (χ1) is 6.31. The van der Waals surface area contributed by atoms with Crippen molar-refractivity contribution >= 4 is 22.6 Å². The summed E-state index contributed by atoms with van der Waals surface area (Å²) in [7, 11) is 0. The third-order valence-electron chi connectivity index (χ3n) is 3.01. The lowest BCUT2D eigenvalue weighted by Crippen LogP contribution is -2.16. The van der Waals surface area contributed by atoms with Crippen LogP contribution in [0.1, 0.15) is 19.3 Å². The van der Waals surface area contributed by atoms with Crippen molar-refractivity contribution in [3.63, 3.8) is 0 Å². The number of rotatable bonds is 2. The zero-order valence-corrected chi connectivity index (χ0v) is 8.05. The van der Waals surface area contributed by atoms with E-state index in [4.69, 9.17) is 5.73 Å². The first-order valence-corrected chi connectivity index (χ1v) is 5.44. The Bertz CT molecular complexity index is 314. The molecule has 3 N–H and O–H groups in total. The number of hydrogen-bond acceptors (Lipinski definition) is 5. The highest BCUT2D eigenvalue weighted by atomic mass is 32.1. The predicted molar refractivity (Wildman–Crippen MR) is 52.6 cm³/mol. The van der Waals surface area contributed by atoms with Crippen molar-refractivity contribution in [2.75, 3.05) is 11.1 Å². The number of fused-ring (bicyclic) bond motifs is 1. The summed E-state index contributed by atoms with van der Waals surface area (Å²) < 4.78 is 3.93. The SMILES string of the molecule is Nc1nsc(NC2CC3CC3C2)n1. The van der Waals surface area contributed by atoms with Crippen LogP contribution >= 0.6 is 11.5 Å². The minimum Gasteiger partial charge on any atom is -0.367 e. The van der Waals surface area contributed by atoms with E-state index in [1.807, 2.05) is 0 Å². The highest BCUT2D eigenvalue weighted by molar-refractivity contribution is 7.09. The number of hydrogen-bond donors (Lipinski definition) is 2. The van der Waals surface area contributed by atoms with Crippen molar-refractivity contribution in [3.05, 3.63) is 0 Å². The first kappa shape index (κ1) is 7.55. The van der Waals surface area contributed by atoms with Gasteiger partial charge < -0.3 is 11.1 Å². The van der Waals surface area contributed by atoms with Crippen LogP contribution < -0.4 is 11.1 Å². The van der Waals surface area contributed by atoms with E-state index >= 15 is 0 Å². The van der Waals surface area contributed by atoms with Crippen LogP contribution in [0.4, 0.5) is 11.1 Å². The molecule has 2 saturated carbocycles. The third-order valence-corrected chi connectivity index (χ3v) is 3.67. The highest BCUT2D eigenvalue weighted by Gasteiger charge is 2.45. The lowest BCUT2D eigenvalue weighted by atomic mass is 10.2. The molecule has 0 radical (unpaired) electrons. The third kappa shape index (κ3) is 1.37. The Morgan fingerprint density at radius 3 is 2.69 bits per heavy atom. The lowest BCUT2D eigenvalue weighted by Gasteiger charge is -2.11. The molecule has 0 aromatic carbocycles. The Kier molecular flexibility index (Phi) is 1.49. The number of nitrogens with zero attached hydrogens (tertiary/aromatic N) is 2. The predicted octanol–water partition coefficient (Wildman–Crippen LogP) is 1.33. The minimum atomic E-state index is 0.385. The van der Waals surface area contributed by atoms with E-state index in [9.17, 15) is 0 Å². The van der Waals surface area contributed by atoms with Crippen LogP contribution in [-0.4, -0.2) is 15.4 Å². The number of anilines is 2. The van der Waals surface area contributed by atoms with Crippen molar-refractivity contribution in [2.45, 2.75) is 25.3 Å². The maximum Gasteiger partial charge on any atom is 0.233 e. The summed E-state index contributed by atoms with van der Waals surface area (Å²) in [5.41, 5.74) is 5.44. The molecule has 3 rings (SSSR count). The normalized spacial score (nSPS) is 35.8. The molecule has 0 spiro atoms. The Hall–Kier alpha value is -0.840. The van der Waals surface area contributed by atoms with Gasteiger partial charge in [-0.15, -0.1) is 0 Å². The molecule has 1 heterocycles. The van der Waals surface area contributed by atoms with E-state index in [2.05, 4.69) is 14.7 Å². The van der Waals surface area contributed by atoms with E-state index in [1.165, 1.54) is 30.8 Å². The van der Waals surface area contributed by atoms with Crippen molar-refractivity contribution in [2.24, 2.45) is 11.8 Å². The summed E-state index contributed by atoms with van der Waals surface area (Å²) >= 11 is 1.36. The average Bonchev–Trinajstić information content (AvgIpc) is 2.55. The van der Waals surface area contributed by atoms with E-state index in [-0.39, 0.29) is 0 Å². The fourth-order valence-corrected chi connectivity index (χ4v) is 2.88. The van der Waals surface area contributed by atoms with Crippen molar-refractivity contribution < 1.29 is 0 Å². The molecule has 5 heteroatoms. The molecule has 1 aromatic rings. The molecule has 2 fully saturated rings. The first-order valence-electron chi connectivity index (χ1n) is 4.67. The monoisotopic (exact) mass is 196 g/mol. The van der Waals surface area contributed by atoms with Gasteiger partial charge in [0.25, 0.3) is 0 Å². The van der Waals surface area contributed by atoms with Crippen molar-refractivity contribution in [3.8, 4) is 0 Å². The van der Waals surface area contributed by atoms with Gasteiger partial charge in [-0.25, -0.2) is 0 Å². The van der Waals surface area contributed by atoms with Gasteiger partial charge in [0, 0.05) is 17.6 Å². The van der Waals surface area contributed by atoms with Gasteiger partial charge in [-0.3, -0.25) is 0 Å². The molecule has 0 saturated heterocycles. The average molecular weight is 196 g/mol. The van der Waals surface area contributed by atoms with E-state index in [0.717, 1.165) is 17.0 Å². The highest BCUT2D eigenvalue weighted by Crippen LogP contribution is 2.52. The Balaban J connectivity index is 1.63. The molecule has 2 unspecified atom stereocenters. The van der Waals surface area contributed by atoms with Crippen LogP contribution in [0.3, 0.4) is 0 Å². The van der Waals surface area contributed by atoms with Gasteiger partial charge in [0.15, 0.2) is 0 Å². The summed E-state index contributed by atoms with van der Waals surface area (Å²) in [6.07, 6.45) is 4.07. The molecular formula is C8H12N4S. The molecule has 0 amide bonds. The Morgan fingerprint density at radius 2 is 2.08 bits per heavy atom. The smallest absolute Gasteiger partial charge is 0.233 e. The summed E-state index contributed by atoms with van der Waals surface area (Å²) in [6.45, 7) is 0. The van der Waals surface area contributed by atoms with Gasteiger partial charge in [0.2, 0.25) is 11.1 Å². The second-order valence-corrected chi connectivity index (χ2v) is 4.78. The van der Waals surface area contributed by atoms with Crippen LogP contribution in [0, 0.1) is 11.8 Å². The second kappa shape index (κ2) is 2.57. The maximum atomic E-state index is 5.44. The van der Waals surface area contributed by atoms with Crippen LogP contribution in [-0.2, 0) is 0 Å². The molecule has 0 aliphatic heterocycles. The van der Waals surface area contributed by atoms with Crippen molar-refractivity contribution in [1.29, 1.82) is 0 Å². The quantitative estimate of drug-likeness (QED) is 0.749.